The molecule has 0 unspecified atom stereocenters. The maximum absolute atomic E-state index is 5.76. The van der Waals surface area contributed by atoms with Crippen LogP contribution in [0.25, 0.3) is 22.4 Å². The molecule has 6 heteroatoms. The maximum atomic E-state index is 5.76. The van der Waals surface area contributed by atoms with Gasteiger partial charge >= 0.3 is 0 Å². The first kappa shape index (κ1) is 15.0. The molecule has 6 nitrogen and oxygen atoms in total. The lowest BCUT2D eigenvalue weighted by Gasteiger charge is -2.35. The van der Waals surface area contributed by atoms with E-state index >= 15 is 0 Å². The van der Waals surface area contributed by atoms with Gasteiger partial charge in [-0.25, -0.2) is 15.0 Å². The third-order valence-corrected chi connectivity index (χ3v) is 4.06. The third kappa shape index (κ3) is 2.92. The van der Waals surface area contributed by atoms with E-state index in [0.29, 0.717) is 17.1 Å². The van der Waals surface area contributed by atoms with Gasteiger partial charge in [0.2, 0.25) is 5.95 Å². The van der Waals surface area contributed by atoms with Crippen LogP contribution in [0.5, 0.6) is 0 Å². The lowest BCUT2D eigenvalue weighted by molar-refractivity contribution is -0.00570. The van der Waals surface area contributed by atoms with E-state index in [1.165, 1.54) is 0 Å². The molecule has 2 aromatic heterocycles. The maximum Gasteiger partial charge on any atom is 0.227 e. The molecule has 0 N–H and O–H groups in total. The molecule has 3 aromatic rings. The molecule has 1 fully saturated rings. The Labute approximate surface area is 140 Å². The first-order valence-electron chi connectivity index (χ1n) is 8.14. The van der Waals surface area contributed by atoms with Crippen LogP contribution in [0, 0.1) is 0 Å². The Balaban J connectivity index is 1.67. The van der Waals surface area contributed by atoms with Gasteiger partial charge in [-0.05, 0) is 13.8 Å². The molecular weight excluding hydrogens is 302 g/mol. The molecule has 0 amide bonds. The van der Waals surface area contributed by atoms with Gasteiger partial charge in [0.15, 0.2) is 5.65 Å². The van der Waals surface area contributed by atoms with Crippen molar-refractivity contribution in [3.8, 4) is 11.3 Å². The molecule has 24 heavy (non-hydrogen) atoms. The Morgan fingerprint density at radius 2 is 1.71 bits per heavy atom. The highest BCUT2D eigenvalue weighted by Gasteiger charge is 2.24. The van der Waals surface area contributed by atoms with E-state index in [1.807, 2.05) is 30.3 Å². The second-order valence-electron chi connectivity index (χ2n) is 6.16. The van der Waals surface area contributed by atoms with Crippen LogP contribution in [0.4, 0.5) is 5.95 Å². The summed E-state index contributed by atoms with van der Waals surface area (Å²) in [6.07, 6.45) is 3.85. The van der Waals surface area contributed by atoms with E-state index in [-0.39, 0.29) is 12.2 Å². The van der Waals surface area contributed by atoms with Crippen LogP contribution in [0.1, 0.15) is 13.8 Å². The number of fused-ring (bicyclic) bond motifs is 1. The van der Waals surface area contributed by atoms with Crippen LogP contribution in [0.15, 0.2) is 42.7 Å². The van der Waals surface area contributed by atoms with E-state index < -0.39 is 0 Å². The molecule has 1 aliphatic rings. The summed E-state index contributed by atoms with van der Waals surface area (Å²) < 4.78 is 5.76. The Morgan fingerprint density at radius 1 is 0.958 bits per heavy atom. The number of benzene rings is 1. The van der Waals surface area contributed by atoms with Crippen molar-refractivity contribution in [1.29, 1.82) is 0 Å². The highest BCUT2D eigenvalue weighted by Crippen LogP contribution is 2.20. The van der Waals surface area contributed by atoms with Gasteiger partial charge < -0.3 is 9.64 Å². The van der Waals surface area contributed by atoms with Gasteiger partial charge in [0, 0.05) is 18.7 Å². The molecule has 0 radical (unpaired) electrons. The second-order valence-corrected chi connectivity index (χ2v) is 6.16. The molecule has 0 spiro atoms. The topological polar surface area (TPSA) is 64.0 Å². The molecule has 2 atom stereocenters. The van der Waals surface area contributed by atoms with E-state index in [9.17, 15) is 0 Å². The van der Waals surface area contributed by atoms with Crippen molar-refractivity contribution in [1.82, 2.24) is 19.9 Å². The fourth-order valence-corrected chi connectivity index (χ4v) is 3.05. The number of nitrogens with zero attached hydrogens (tertiary/aromatic N) is 5. The SMILES string of the molecule is C[C@H]1CN(c2ncc3nc(-c4ccccc4)cnc3n2)C[C@H](C)O1. The number of hydrogen-bond acceptors (Lipinski definition) is 6. The first-order chi connectivity index (χ1) is 11.7. The highest BCUT2D eigenvalue weighted by molar-refractivity contribution is 5.73. The quantitative estimate of drug-likeness (QED) is 0.723. The van der Waals surface area contributed by atoms with Gasteiger partial charge in [-0.1, -0.05) is 30.3 Å². The Bertz CT molecular complexity index is 844. The number of anilines is 1. The predicted octanol–water partition coefficient (Wildman–Crippen LogP) is 2.70. The summed E-state index contributed by atoms with van der Waals surface area (Å²) in [4.78, 5) is 20.3. The fraction of sp³-hybridized carbons (Fsp3) is 0.333. The minimum absolute atomic E-state index is 0.166. The first-order valence-corrected chi connectivity index (χ1v) is 8.14. The standard InChI is InChI=1S/C18H19N5O/c1-12-10-23(11-13(2)24-12)18-20-9-16-17(22-18)19-8-15(21-16)14-6-4-3-5-7-14/h3-9,12-13H,10-11H2,1-2H3/t12-,13-/m0/s1. The zero-order valence-electron chi connectivity index (χ0n) is 13.8. The van der Waals surface area contributed by atoms with Gasteiger partial charge in [0.25, 0.3) is 0 Å². The predicted molar refractivity (Wildman–Crippen MR) is 92.8 cm³/mol. The van der Waals surface area contributed by atoms with Crippen molar-refractivity contribution >= 4 is 17.1 Å². The van der Waals surface area contributed by atoms with Crippen LogP contribution >= 0.6 is 0 Å². The van der Waals surface area contributed by atoms with E-state index in [4.69, 9.17) is 4.74 Å². The van der Waals surface area contributed by atoms with Gasteiger partial charge in [0.1, 0.15) is 5.52 Å². The molecule has 3 heterocycles. The normalized spacial score (nSPS) is 21.2. The van der Waals surface area contributed by atoms with E-state index in [0.717, 1.165) is 24.3 Å². The van der Waals surface area contributed by atoms with Crippen molar-refractivity contribution in [3.63, 3.8) is 0 Å². The molecular formula is C18H19N5O. The van der Waals surface area contributed by atoms with Crippen LogP contribution < -0.4 is 4.90 Å². The van der Waals surface area contributed by atoms with Crippen LogP contribution in [0.2, 0.25) is 0 Å². The largest absolute Gasteiger partial charge is 0.372 e. The average Bonchev–Trinajstić information content (AvgIpc) is 2.61. The molecule has 122 valence electrons. The van der Waals surface area contributed by atoms with Crippen LogP contribution in [0.3, 0.4) is 0 Å². The Hall–Kier alpha value is -2.60. The molecule has 4 rings (SSSR count). The molecule has 0 saturated carbocycles. The van der Waals surface area contributed by atoms with Crippen molar-refractivity contribution < 1.29 is 4.74 Å². The minimum atomic E-state index is 0.166. The molecule has 1 saturated heterocycles. The average molecular weight is 321 g/mol. The van der Waals surface area contributed by atoms with E-state index in [1.54, 1.807) is 12.4 Å². The van der Waals surface area contributed by atoms with Crippen LogP contribution in [-0.4, -0.2) is 45.2 Å². The van der Waals surface area contributed by atoms with Crippen molar-refractivity contribution in [3.05, 3.63) is 42.7 Å². The molecule has 0 bridgehead atoms. The van der Waals surface area contributed by atoms with Crippen molar-refractivity contribution in [2.75, 3.05) is 18.0 Å². The summed E-state index contributed by atoms with van der Waals surface area (Å²) >= 11 is 0. The van der Waals surface area contributed by atoms with Gasteiger partial charge in [-0.15, -0.1) is 0 Å². The fourth-order valence-electron chi connectivity index (χ4n) is 3.05. The number of ether oxygens (including phenoxy) is 1. The Kier molecular flexibility index (Phi) is 3.82. The monoisotopic (exact) mass is 321 g/mol. The molecule has 0 aliphatic carbocycles. The Morgan fingerprint density at radius 3 is 2.46 bits per heavy atom. The summed E-state index contributed by atoms with van der Waals surface area (Å²) in [5.41, 5.74) is 3.18. The van der Waals surface area contributed by atoms with E-state index in [2.05, 4.69) is 38.7 Å². The smallest absolute Gasteiger partial charge is 0.227 e. The van der Waals surface area contributed by atoms with Gasteiger partial charge in [-0.3, -0.25) is 0 Å². The lowest BCUT2D eigenvalue weighted by atomic mass is 10.2. The van der Waals surface area contributed by atoms with Crippen molar-refractivity contribution in [2.24, 2.45) is 0 Å². The summed E-state index contributed by atoms with van der Waals surface area (Å²) in [7, 11) is 0. The third-order valence-electron chi connectivity index (χ3n) is 4.06. The lowest BCUT2D eigenvalue weighted by Crippen LogP contribution is -2.46. The van der Waals surface area contributed by atoms with Gasteiger partial charge in [0.05, 0.1) is 30.3 Å². The summed E-state index contributed by atoms with van der Waals surface area (Å²) in [5, 5.41) is 0. The summed E-state index contributed by atoms with van der Waals surface area (Å²) in [5.74, 6) is 0.686. The summed E-state index contributed by atoms with van der Waals surface area (Å²) in [6, 6.07) is 9.99. The van der Waals surface area contributed by atoms with Crippen molar-refractivity contribution in [2.45, 2.75) is 26.1 Å². The zero-order chi connectivity index (χ0) is 16.5. The second kappa shape index (κ2) is 6.13. The number of rotatable bonds is 2. The number of aromatic nitrogens is 4. The molecule has 1 aromatic carbocycles. The number of hydrogen-bond donors (Lipinski definition) is 0. The van der Waals surface area contributed by atoms with Crippen LogP contribution in [-0.2, 0) is 4.74 Å². The minimum Gasteiger partial charge on any atom is -0.372 e. The highest BCUT2D eigenvalue weighted by atomic mass is 16.5. The van der Waals surface area contributed by atoms with Gasteiger partial charge in [-0.2, -0.15) is 4.98 Å². The number of morpholine rings is 1. The molecule has 1 aliphatic heterocycles. The zero-order valence-corrected chi connectivity index (χ0v) is 13.8. The summed E-state index contributed by atoms with van der Waals surface area (Å²) in [6.45, 7) is 5.70.